The molecule has 0 bridgehead atoms. The van der Waals surface area contributed by atoms with Crippen LogP contribution in [0.15, 0.2) is 18.2 Å². The highest BCUT2D eigenvalue weighted by Gasteiger charge is 2.16. The Hall–Kier alpha value is -1.55. The van der Waals surface area contributed by atoms with Gasteiger partial charge in [-0.05, 0) is 31.0 Å². The van der Waals surface area contributed by atoms with Gasteiger partial charge >= 0.3 is 5.97 Å². The number of methoxy groups -OCH3 is 1. The summed E-state index contributed by atoms with van der Waals surface area (Å²) in [5, 5.41) is 3.35. The van der Waals surface area contributed by atoms with Gasteiger partial charge in [0, 0.05) is 12.3 Å². The standard InChI is InChI=1S/C13H17NO3/c1-9-3-4-10(7-12(9)13(15)16-2)14-11-5-6-17-8-11/h3-4,7,11,14H,5-6,8H2,1-2H3/t11-/m1/s1. The second kappa shape index (κ2) is 5.19. The van der Waals surface area contributed by atoms with Gasteiger partial charge in [-0.2, -0.15) is 0 Å². The van der Waals surface area contributed by atoms with E-state index in [0.717, 1.165) is 30.9 Å². The van der Waals surface area contributed by atoms with Crippen molar-refractivity contribution in [2.75, 3.05) is 25.6 Å². The van der Waals surface area contributed by atoms with E-state index in [1.54, 1.807) is 0 Å². The van der Waals surface area contributed by atoms with Gasteiger partial charge in [0.05, 0.1) is 25.3 Å². The normalized spacial score (nSPS) is 19.1. The highest BCUT2D eigenvalue weighted by molar-refractivity contribution is 5.92. The minimum absolute atomic E-state index is 0.297. The number of carbonyl (C=O) groups excluding carboxylic acids is 1. The molecule has 4 nitrogen and oxygen atoms in total. The van der Waals surface area contributed by atoms with E-state index in [1.807, 2.05) is 25.1 Å². The van der Waals surface area contributed by atoms with Crippen molar-refractivity contribution < 1.29 is 14.3 Å². The van der Waals surface area contributed by atoms with Crippen molar-refractivity contribution in [1.29, 1.82) is 0 Å². The molecule has 1 saturated heterocycles. The number of aryl methyl sites for hydroxylation is 1. The summed E-state index contributed by atoms with van der Waals surface area (Å²) >= 11 is 0. The molecule has 0 aliphatic carbocycles. The third-order valence-corrected chi connectivity index (χ3v) is 2.94. The van der Waals surface area contributed by atoms with Gasteiger partial charge in [-0.1, -0.05) is 6.07 Å². The van der Waals surface area contributed by atoms with Gasteiger partial charge in [0.2, 0.25) is 0 Å². The van der Waals surface area contributed by atoms with E-state index >= 15 is 0 Å². The number of esters is 1. The molecule has 4 heteroatoms. The van der Waals surface area contributed by atoms with Gasteiger partial charge in [-0.3, -0.25) is 0 Å². The first-order chi connectivity index (χ1) is 8.20. The van der Waals surface area contributed by atoms with E-state index in [2.05, 4.69) is 5.32 Å². The zero-order valence-corrected chi connectivity index (χ0v) is 10.2. The maximum Gasteiger partial charge on any atom is 0.338 e. The fraction of sp³-hybridized carbons (Fsp3) is 0.462. The highest BCUT2D eigenvalue weighted by Crippen LogP contribution is 2.19. The molecule has 1 atom stereocenters. The predicted octanol–water partition coefficient (Wildman–Crippen LogP) is 1.98. The summed E-state index contributed by atoms with van der Waals surface area (Å²) in [5.74, 6) is -0.297. The lowest BCUT2D eigenvalue weighted by Crippen LogP contribution is -2.19. The highest BCUT2D eigenvalue weighted by atomic mass is 16.5. The molecule has 1 fully saturated rings. The van der Waals surface area contributed by atoms with E-state index in [1.165, 1.54) is 7.11 Å². The van der Waals surface area contributed by atoms with Gasteiger partial charge < -0.3 is 14.8 Å². The molecule has 0 spiro atoms. The van der Waals surface area contributed by atoms with Crippen molar-refractivity contribution in [2.24, 2.45) is 0 Å². The van der Waals surface area contributed by atoms with E-state index in [-0.39, 0.29) is 5.97 Å². The van der Waals surface area contributed by atoms with Crippen molar-refractivity contribution in [3.8, 4) is 0 Å². The largest absolute Gasteiger partial charge is 0.465 e. The molecular weight excluding hydrogens is 218 g/mol. The second-order valence-electron chi connectivity index (χ2n) is 4.23. The zero-order chi connectivity index (χ0) is 12.3. The van der Waals surface area contributed by atoms with Gasteiger partial charge in [0.1, 0.15) is 0 Å². The molecule has 2 rings (SSSR count). The number of ether oxygens (including phenoxy) is 2. The molecule has 1 aromatic rings. The Morgan fingerprint density at radius 3 is 3.00 bits per heavy atom. The molecule has 1 aliphatic heterocycles. The quantitative estimate of drug-likeness (QED) is 0.814. The molecule has 1 aliphatic rings. The lowest BCUT2D eigenvalue weighted by Gasteiger charge is -2.13. The molecule has 0 aromatic heterocycles. The van der Waals surface area contributed by atoms with Crippen LogP contribution in [0.1, 0.15) is 22.3 Å². The number of benzene rings is 1. The van der Waals surface area contributed by atoms with Crippen LogP contribution < -0.4 is 5.32 Å². The predicted molar refractivity (Wildman–Crippen MR) is 65.4 cm³/mol. The average molecular weight is 235 g/mol. The third-order valence-electron chi connectivity index (χ3n) is 2.94. The van der Waals surface area contributed by atoms with E-state index in [4.69, 9.17) is 9.47 Å². The van der Waals surface area contributed by atoms with Crippen molar-refractivity contribution in [2.45, 2.75) is 19.4 Å². The summed E-state index contributed by atoms with van der Waals surface area (Å²) in [6.45, 7) is 3.42. The van der Waals surface area contributed by atoms with Gasteiger partial charge in [0.25, 0.3) is 0 Å². The molecule has 92 valence electrons. The van der Waals surface area contributed by atoms with Gasteiger partial charge in [-0.25, -0.2) is 4.79 Å². The molecule has 0 amide bonds. The SMILES string of the molecule is COC(=O)c1cc(N[C@@H]2CCOC2)ccc1C. The summed E-state index contributed by atoms with van der Waals surface area (Å²) in [6.07, 6.45) is 1.00. The minimum Gasteiger partial charge on any atom is -0.465 e. The summed E-state index contributed by atoms with van der Waals surface area (Å²) in [6, 6.07) is 6.06. The molecule has 17 heavy (non-hydrogen) atoms. The van der Waals surface area contributed by atoms with Gasteiger partial charge in [-0.15, -0.1) is 0 Å². The topological polar surface area (TPSA) is 47.6 Å². The molecule has 1 N–H and O–H groups in total. The number of nitrogens with one attached hydrogen (secondary N) is 1. The summed E-state index contributed by atoms with van der Waals surface area (Å²) in [5.41, 5.74) is 2.47. The average Bonchev–Trinajstić information content (AvgIpc) is 2.83. The summed E-state index contributed by atoms with van der Waals surface area (Å²) in [4.78, 5) is 11.5. The number of anilines is 1. The van der Waals surface area contributed by atoms with Crippen molar-refractivity contribution >= 4 is 11.7 Å². The van der Waals surface area contributed by atoms with Crippen LogP contribution in [0.2, 0.25) is 0 Å². The zero-order valence-electron chi connectivity index (χ0n) is 10.2. The van der Waals surface area contributed by atoms with E-state index in [0.29, 0.717) is 11.6 Å². The molecule has 0 unspecified atom stereocenters. The first-order valence-electron chi connectivity index (χ1n) is 5.74. The Labute approximate surface area is 101 Å². The van der Waals surface area contributed by atoms with Crippen LogP contribution in [0, 0.1) is 6.92 Å². The Balaban J connectivity index is 2.15. The van der Waals surface area contributed by atoms with Crippen LogP contribution in [0.5, 0.6) is 0 Å². The fourth-order valence-corrected chi connectivity index (χ4v) is 1.93. The Kier molecular flexibility index (Phi) is 3.64. The van der Waals surface area contributed by atoms with E-state index in [9.17, 15) is 4.79 Å². The van der Waals surface area contributed by atoms with Crippen molar-refractivity contribution in [3.63, 3.8) is 0 Å². The first-order valence-corrected chi connectivity index (χ1v) is 5.74. The number of hydrogen-bond acceptors (Lipinski definition) is 4. The van der Waals surface area contributed by atoms with E-state index < -0.39 is 0 Å². The van der Waals surface area contributed by atoms with Crippen LogP contribution >= 0.6 is 0 Å². The first kappa shape index (κ1) is 11.9. The molecule has 0 saturated carbocycles. The molecule has 0 radical (unpaired) electrons. The van der Waals surface area contributed by atoms with Crippen LogP contribution in [0.3, 0.4) is 0 Å². The Morgan fingerprint density at radius 1 is 1.53 bits per heavy atom. The Morgan fingerprint density at radius 2 is 2.35 bits per heavy atom. The maximum absolute atomic E-state index is 11.5. The Bertz CT molecular complexity index is 411. The van der Waals surface area contributed by atoms with Crippen LogP contribution in [-0.4, -0.2) is 32.3 Å². The molecular formula is C13H17NO3. The van der Waals surface area contributed by atoms with Crippen LogP contribution in [0.4, 0.5) is 5.69 Å². The smallest absolute Gasteiger partial charge is 0.338 e. The summed E-state index contributed by atoms with van der Waals surface area (Å²) < 4.78 is 10.0. The molecule has 1 aromatic carbocycles. The fourth-order valence-electron chi connectivity index (χ4n) is 1.93. The monoisotopic (exact) mass is 235 g/mol. The number of hydrogen-bond donors (Lipinski definition) is 1. The maximum atomic E-state index is 11.5. The lowest BCUT2D eigenvalue weighted by atomic mass is 10.1. The lowest BCUT2D eigenvalue weighted by molar-refractivity contribution is 0.0600. The van der Waals surface area contributed by atoms with Gasteiger partial charge in [0.15, 0.2) is 0 Å². The minimum atomic E-state index is -0.297. The number of rotatable bonds is 3. The van der Waals surface area contributed by atoms with Crippen LogP contribution in [0.25, 0.3) is 0 Å². The third kappa shape index (κ3) is 2.77. The van der Waals surface area contributed by atoms with Crippen molar-refractivity contribution in [3.05, 3.63) is 29.3 Å². The molecule has 1 heterocycles. The summed E-state index contributed by atoms with van der Waals surface area (Å²) in [7, 11) is 1.40. The number of carbonyl (C=O) groups is 1. The van der Waals surface area contributed by atoms with Crippen molar-refractivity contribution in [1.82, 2.24) is 0 Å². The van der Waals surface area contributed by atoms with Crippen LogP contribution in [-0.2, 0) is 9.47 Å². The second-order valence-corrected chi connectivity index (χ2v) is 4.23.